The molecule has 88 valence electrons. The van der Waals surface area contributed by atoms with Crippen molar-refractivity contribution in [1.82, 2.24) is 0 Å². The smallest absolute Gasteiger partial charge is 0.343 e. The van der Waals surface area contributed by atoms with Gasteiger partial charge in [-0.15, -0.1) is 0 Å². The fourth-order valence-corrected chi connectivity index (χ4v) is 1.45. The van der Waals surface area contributed by atoms with Gasteiger partial charge in [-0.05, 0) is 37.1 Å². The molecule has 0 fully saturated rings. The van der Waals surface area contributed by atoms with Gasteiger partial charge in [0.15, 0.2) is 6.61 Å². The number of aryl methyl sites for hydroxylation is 2. The summed E-state index contributed by atoms with van der Waals surface area (Å²) in [5, 5.41) is 0. The Labute approximate surface area is 95.1 Å². The molecular formula is C12H16O4. The van der Waals surface area contributed by atoms with Gasteiger partial charge in [0.25, 0.3) is 0 Å². The Morgan fingerprint density at radius 3 is 2.19 bits per heavy atom. The van der Waals surface area contributed by atoms with Crippen molar-refractivity contribution < 1.29 is 19.0 Å². The molecule has 1 aromatic carbocycles. The van der Waals surface area contributed by atoms with E-state index in [9.17, 15) is 4.79 Å². The van der Waals surface area contributed by atoms with E-state index in [-0.39, 0.29) is 6.61 Å². The number of ether oxygens (including phenoxy) is 3. The van der Waals surface area contributed by atoms with Crippen LogP contribution < -0.4 is 9.47 Å². The van der Waals surface area contributed by atoms with E-state index in [4.69, 9.17) is 9.47 Å². The first-order chi connectivity index (χ1) is 7.58. The molecule has 0 aliphatic carbocycles. The molecule has 0 atom stereocenters. The largest absolute Gasteiger partial charge is 0.497 e. The van der Waals surface area contributed by atoms with Crippen molar-refractivity contribution in [2.45, 2.75) is 13.8 Å². The first-order valence-electron chi connectivity index (χ1n) is 4.93. The number of hydrogen-bond acceptors (Lipinski definition) is 4. The summed E-state index contributed by atoms with van der Waals surface area (Å²) in [4.78, 5) is 11.0. The first kappa shape index (κ1) is 12.4. The first-order valence-corrected chi connectivity index (χ1v) is 4.93. The number of esters is 1. The molecule has 0 amide bonds. The Morgan fingerprint density at radius 2 is 1.75 bits per heavy atom. The highest BCUT2D eigenvalue weighted by Gasteiger charge is 2.09. The van der Waals surface area contributed by atoms with Gasteiger partial charge in [0.2, 0.25) is 0 Å². The van der Waals surface area contributed by atoms with Gasteiger partial charge in [0, 0.05) is 0 Å². The monoisotopic (exact) mass is 224 g/mol. The molecule has 0 aliphatic rings. The van der Waals surface area contributed by atoms with E-state index < -0.39 is 5.97 Å². The Morgan fingerprint density at radius 1 is 1.19 bits per heavy atom. The van der Waals surface area contributed by atoms with Crippen LogP contribution in [-0.2, 0) is 9.53 Å². The van der Waals surface area contributed by atoms with Crippen molar-refractivity contribution in [1.29, 1.82) is 0 Å². The SMILES string of the molecule is COC(=O)COc1c(C)cc(OC)cc1C. The molecule has 4 nitrogen and oxygen atoms in total. The van der Waals surface area contributed by atoms with Crippen LogP contribution in [0.2, 0.25) is 0 Å². The van der Waals surface area contributed by atoms with E-state index in [0.29, 0.717) is 5.75 Å². The summed E-state index contributed by atoms with van der Waals surface area (Å²) >= 11 is 0. The van der Waals surface area contributed by atoms with E-state index in [1.54, 1.807) is 7.11 Å². The number of carbonyl (C=O) groups is 1. The van der Waals surface area contributed by atoms with Gasteiger partial charge in [-0.1, -0.05) is 0 Å². The Bertz CT molecular complexity index is 362. The van der Waals surface area contributed by atoms with Gasteiger partial charge >= 0.3 is 5.97 Å². The fraction of sp³-hybridized carbons (Fsp3) is 0.417. The van der Waals surface area contributed by atoms with Crippen molar-refractivity contribution >= 4 is 5.97 Å². The Balaban J connectivity index is 2.84. The molecule has 0 spiro atoms. The number of methoxy groups -OCH3 is 2. The van der Waals surface area contributed by atoms with Crippen LogP contribution in [0.15, 0.2) is 12.1 Å². The molecule has 0 unspecified atom stereocenters. The third-order valence-electron chi connectivity index (χ3n) is 2.23. The van der Waals surface area contributed by atoms with Crippen LogP contribution in [0.25, 0.3) is 0 Å². The second-order valence-electron chi connectivity index (χ2n) is 3.46. The summed E-state index contributed by atoms with van der Waals surface area (Å²) in [5.41, 5.74) is 1.86. The van der Waals surface area contributed by atoms with Gasteiger partial charge in [0.1, 0.15) is 11.5 Å². The Kier molecular flexibility index (Phi) is 4.17. The molecular weight excluding hydrogens is 208 g/mol. The van der Waals surface area contributed by atoms with Crippen molar-refractivity contribution in [3.63, 3.8) is 0 Å². The van der Waals surface area contributed by atoms with Crippen LogP contribution in [-0.4, -0.2) is 26.8 Å². The lowest BCUT2D eigenvalue weighted by Gasteiger charge is -2.12. The number of benzene rings is 1. The van der Waals surface area contributed by atoms with Gasteiger partial charge in [-0.25, -0.2) is 4.79 Å². The molecule has 0 saturated heterocycles. The van der Waals surface area contributed by atoms with Crippen molar-refractivity contribution in [2.24, 2.45) is 0 Å². The van der Waals surface area contributed by atoms with Gasteiger partial charge < -0.3 is 14.2 Å². The highest BCUT2D eigenvalue weighted by Crippen LogP contribution is 2.28. The van der Waals surface area contributed by atoms with Gasteiger partial charge in [0.05, 0.1) is 14.2 Å². The quantitative estimate of drug-likeness (QED) is 0.732. The summed E-state index contributed by atoms with van der Waals surface area (Å²) in [5.74, 6) is 1.08. The molecule has 4 heteroatoms. The minimum absolute atomic E-state index is 0.0789. The van der Waals surface area contributed by atoms with Crippen LogP contribution in [0.3, 0.4) is 0 Å². The molecule has 0 N–H and O–H groups in total. The average Bonchev–Trinajstić information content (AvgIpc) is 2.27. The topological polar surface area (TPSA) is 44.8 Å². The second-order valence-corrected chi connectivity index (χ2v) is 3.46. The summed E-state index contributed by atoms with van der Waals surface area (Å²) < 4.78 is 15.0. The van der Waals surface area contributed by atoms with Gasteiger partial charge in [-0.2, -0.15) is 0 Å². The van der Waals surface area contributed by atoms with Crippen LogP contribution in [0.4, 0.5) is 0 Å². The second kappa shape index (κ2) is 5.39. The zero-order valence-corrected chi connectivity index (χ0v) is 9.99. The normalized spacial score (nSPS) is 9.75. The number of carbonyl (C=O) groups excluding carboxylic acids is 1. The van der Waals surface area contributed by atoms with Crippen molar-refractivity contribution in [3.05, 3.63) is 23.3 Å². The third kappa shape index (κ3) is 2.89. The highest BCUT2D eigenvalue weighted by molar-refractivity contribution is 5.71. The Hall–Kier alpha value is -1.71. The zero-order valence-electron chi connectivity index (χ0n) is 9.99. The molecule has 0 aliphatic heterocycles. The van der Waals surface area contributed by atoms with E-state index in [0.717, 1.165) is 16.9 Å². The molecule has 16 heavy (non-hydrogen) atoms. The number of hydrogen-bond donors (Lipinski definition) is 0. The number of rotatable bonds is 4. The predicted octanol–water partition coefficient (Wildman–Crippen LogP) is 1.86. The highest BCUT2D eigenvalue weighted by atomic mass is 16.6. The third-order valence-corrected chi connectivity index (χ3v) is 2.23. The molecule has 0 heterocycles. The average molecular weight is 224 g/mol. The minimum Gasteiger partial charge on any atom is -0.497 e. The lowest BCUT2D eigenvalue weighted by Crippen LogP contribution is -2.13. The van der Waals surface area contributed by atoms with Crippen molar-refractivity contribution in [2.75, 3.05) is 20.8 Å². The molecule has 0 aromatic heterocycles. The molecule has 0 radical (unpaired) electrons. The summed E-state index contributed by atoms with van der Waals surface area (Å²) in [6.45, 7) is 3.73. The summed E-state index contributed by atoms with van der Waals surface area (Å²) in [7, 11) is 2.95. The fourth-order valence-electron chi connectivity index (χ4n) is 1.45. The molecule has 1 aromatic rings. The maximum absolute atomic E-state index is 11.0. The van der Waals surface area contributed by atoms with Crippen LogP contribution in [0.1, 0.15) is 11.1 Å². The van der Waals surface area contributed by atoms with E-state index >= 15 is 0 Å². The molecule has 1 rings (SSSR count). The van der Waals surface area contributed by atoms with Crippen LogP contribution in [0.5, 0.6) is 11.5 Å². The summed E-state index contributed by atoms with van der Waals surface area (Å²) in [6, 6.07) is 3.72. The van der Waals surface area contributed by atoms with Crippen LogP contribution in [0, 0.1) is 13.8 Å². The lowest BCUT2D eigenvalue weighted by molar-refractivity contribution is -0.142. The van der Waals surface area contributed by atoms with Gasteiger partial charge in [-0.3, -0.25) is 0 Å². The van der Waals surface area contributed by atoms with E-state index in [1.807, 2.05) is 26.0 Å². The maximum Gasteiger partial charge on any atom is 0.343 e. The van der Waals surface area contributed by atoms with Crippen LogP contribution >= 0.6 is 0 Å². The summed E-state index contributed by atoms with van der Waals surface area (Å²) in [6.07, 6.45) is 0. The zero-order chi connectivity index (χ0) is 12.1. The molecule has 0 saturated carbocycles. The van der Waals surface area contributed by atoms with E-state index in [1.165, 1.54) is 7.11 Å². The standard InChI is InChI=1S/C12H16O4/c1-8-5-10(14-3)6-9(2)12(8)16-7-11(13)15-4/h5-6H,7H2,1-4H3. The predicted molar refractivity (Wildman–Crippen MR) is 60.0 cm³/mol. The van der Waals surface area contributed by atoms with Crippen molar-refractivity contribution in [3.8, 4) is 11.5 Å². The minimum atomic E-state index is -0.394. The maximum atomic E-state index is 11.0. The lowest BCUT2D eigenvalue weighted by atomic mass is 10.1. The van der Waals surface area contributed by atoms with E-state index in [2.05, 4.69) is 4.74 Å². The molecule has 0 bridgehead atoms.